The van der Waals surface area contributed by atoms with Gasteiger partial charge < -0.3 is 5.32 Å². The SMILES string of the molecule is CN1C(=O)[C@@H](NC(=O)c2nc3cccc(-c4c(F)cccc4F)n3n2)CCn2nccc21. The van der Waals surface area contributed by atoms with Gasteiger partial charge in [-0.15, -0.1) is 5.10 Å². The fourth-order valence-corrected chi connectivity index (χ4v) is 3.79. The van der Waals surface area contributed by atoms with E-state index in [9.17, 15) is 18.4 Å². The Morgan fingerprint density at radius 1 is 1.12 bits per heavy atom. The standard InChI is InChI=1S/C21H17F2N7O2/c1-28-17-8-10-24-29(17)11-9-14(21(28)32)25-20(31)19-26-16-7-3-6-15(30(16)27-19)18-12(22)4-2-5-13(18)23/h2-8,10,14H,9,11H2,1H3,(H,25,31)/t14-/m0/s1. The highest BCUT2D eigenvalue weighted by Gasteiger charge is 2.31. The molecule has 1 atom stereocenters. The van der Waals surface area contributed by atoms with E-state index in [-0.39, 0.29) is 28.6 Å². The average Bonchev–Trinajstić information content (AvgIpc) is 3.40. The molecule has 0 radical (unpaired) electrons. The number of aryl methyl sites for hydroxylation is 1. The summed E-state index contributed by atoms with van der Waals surface area (Å²) in [4.78, 5) is 31.3. The Morgan fingerprint density at radius 2 is 1.88 bits per heavy atom. The molecule has 0 spiro atoms. The van der Waals surface area contributed by atoms with Crippen LogP contribution in [0.15, 0.2) is 48.7 Å². The molecule has 2 amide bonds. The summed E-state index contributed by atoms with van der Waals surface area (Å²) in [6.07, 6.45) is 1.94. The van der Waals surface area contributed by atoms with Crippen molar-refractivity contribution in [3.63, 3.8) is 0 Å². The van der Waals surface area contributed by atoms with Gasteiger partial charge >= 0.3 is 0 Å². The maximum Gasteiger partial charge on any atom is 0.291 e. The second kappa shape index (κ2) is 7.52. The zero-order valence-electron chi connectivity index (χ0n) is 16.9. The summed E-state index contributed by atoms with van der Waals surface area (Å²) >= 11 is 0. The molecule has 32 heavy (non-hydrogen) atoms. The maximum atomic E-state index is 14.3. The minimum atomic E-state index is -0.802. The number of carbonyl (C=O) groups excluding carboxylic acids is 2. The summed E-state index contributed by atoms with van der Waals surface area (Å²) in [6, 6.07) is 9.08. The van der Waals surface area contributed by atoms with Crippen molar-refractivity contribution in [1.82, 2.24) is 29.7 Å². The van der Waals surface area contributed by atoms with Gasteiger partial charge in [-0.25, -0.2) is 23.0 Å². The Bertz CT molecular complexity index is 1340. The first-order valence-electron chi connectivity index (χ1n) is 9.84. The van der Waals surface area contributed by atoms with Crippen molar-refractivity contribution in [2.45, 2.75) is 19.0 Å². The first-order chi connectivity index (χ1) is 15.4. The van der Waals surface area contributed by atoms with E-state index in [1.54, 1.807) is 36.1 Å². The number of hydrogen-bond donors (Lipinski definition) is 1. The molecular weight excluding hydrogens is 420 g/mol. The highest BCUT2D eigenvalue weighted by atomic mass is 19.1. The number of halogens is 2. The van der Waals surface area contributed by atoms with Gasteiger partial charge in [-0.2, -0.15) is 5.10 Å². The fourth-order valence-electron chi connectivity index (χ4n) is 3.79. The lowest BCUT2D eigenvalue weighted by Gasteiger charge is -2.19. The maximum absolute atomic E-state index is 14.3. The Balaban J connectivity index is 1.45. The molecule has 11 heteroatoms. The molecule has 4 heterocycles. The monoisotopic (exact) mass is 437 g/mol. The van der Waals surface area contributed by atoms with Gasteiger partial charge in [0.1, 0.15) is 23.5 Å². The molecule has 1 aliphatic rings. The van der Waals surface area contributed by atoms with Crippen LogP contribution in [0, 0.1) is 11.6 Å². The molecule has 0 saturated heterocycles. The molecule has 0 aliphatic carbocycles. The van der Waals surface area contributed by atoms with Gasteiger partial charge in [-0.3, -0.25) is 14.5 Å². The number of amides is 2. The minimum Gasteiger partial charge on any atom is -0.337 e. The average molecular weight is 437 g/mol. The molecule has 1 N–H and O–H groups in total. The lowest BCUT2D eigenvalue weighted by molar-refractivity contribution is -0.120. The van der Waals surface area contributed by atoms with Gasteiger partial charge in [0.25, 0.3) is 11.8 Å². The van der Waals surface area contributed by atoms with Crippen LogP contribution in [0.3, 0.4) is 0 Å². The van der Waals surface area contributed by atoms with Crippen molar-refractivity contribution in [1.29, 1.82) is 0 Å². The number of benzene rings is 1. The first kappa shape index (κ1) is 19.8. The number of nitrogens with one attached hydrogen (secondary N) is 1. The number of rotatable bonds is 3. The number of likely N-dealkylation sites (N-methyl/N-ethyl adjacent to an activating group) is 1. The number of carbonyl (C=O) groups is 2. The normalized spacial score (nSPS) is 16.2. The molecule has 0 saturated carbocycles. The molecule has 4 aromatic rings. The highest BCUT2D eigenvalue weighted by molar-refractivity contribution is 6.01. The number of hydrogen-bond acceptors (Lipinski definition) is 5. The van der Waals surface area contributed by atoms with Crippen LogP contribution < -0.4 is 10.2 Å². The van der Waals surface area contributed by atoms with Gasteiger partial charge in [0.15, 0.2) is 5.65 Å². The Hall–Kier alpha value is -4.15. The summed E-state index contributed by atoms with van der Waals surface area (Å²) < 4.78 is 31.5. The second-order valence-corrected chi connectivity index (χ2v) is 7.34. The third-order valence-electron chi connectivity index (χ3n) is 5.38. The van der Waals surface area contributed by atoms with Gasteiger partial charge in [-0.05, 0) is 30.7 Å². The van der Waals surface area contributed by atoms with E-state index in [1.807, 2.05) is 0 Å². The molecule has 0 fully saturated rings. The topological polar surface area (TPSA) is 97.4 Å². The van der Waals surface area contributed by atoms with Gasteiger partial charge in [-0.1, -0.05) is 12.1 Å². The minimum absolute atomic E-state index is 0.111. The Kier molecular flexibility index (Phi) is 4.65. The van der Waals surface area contributed by atoms with Crippen molar-refractivity contribution in [3.8, 4) is 11.3 Å². The smallest absolute Gasteiger partial charge is 0.291 e. The zero-order valence-corrected chi connectivity index (χ0v) is 16.9. The van der Waals surface area contributed by atoms with E-state index in [0.29, 0.717) is 18.8 Å². The number of pyridine rings is 1. The van der Waals surface area contributed by atoms with E-state index >= 15 is 0 Å². The molecular formula is C21H17F2N7O2. The molecule has 162 valence electrons. The summed E-state index contributed by atoms with van der Waals surface area (Å²) in [5.41, 5.74) is 0.0741. The van der Waals surface area contributed by atoms with Gasteiger partial charge in [0, 0.05) is 19.7 Å². The van der Waals surface area contributed by atoms with Crippen LogP contribution in [0.1, 0.15) is 17.0 Å². The summed E-state index contributed by atoms with van der Waals surface area (Å²) in [5, 5.41) is 11.0. The first-order valence-corrected chi connectivity index (χ1v) is 9.84. The lowest BCUT2D eigenvalue weighted by atomic mass is 10.1. The van der Waals surface area contributed by atoms with Crippen LogP contribution in [0.4, 0.5) is 14.6 Å². The zero-order chi connectivity index (χ0) is 22.4. The number of fused-ring (bicyclic) bond motifs is 2. The van der Waals surface area contributed by atoms with E-state index in [2.05, 4.69) is 20.5 Å². The van der Waals surface area contributed by atoms with Crippen LogP contribution >= 0.6 is 0 Å². The summed E-state index contributed by atoms with van der Waals surface area (Å²) in [5.74, 6) is -2.07. The van der Waals surface area contributed by atoms with E-state index in [4.69, 9.17) is 0 Å². The molecule has 1 aliphatic heterocycles. The van der Waals surface area contributed by atoms with Crippen molar-refractivity contribution >= 4 is 23.3 Å². The Labute approximate surface area is 180 Å². The second-order valence-electron chi connectivity index (χ2n) is 7.34. The van der Waals surface area contributed by atoms with Crippen LogP contribution in [-0.2, 0) is 11.3 Å². The molecule has 1 aromatic carbocycles. The molecule has 5 rings (SSSR count). The van der Waals surface area contributed by atoms with E-state index in [0.717, 1.165) is 12.1 Å². The van der Waals surface area contributed by atoms with Crippen LogP contribution in [0.5, 0.6) is 0 Å². The van der Waals surface area contributed by atoms with Crippen molar-refractivity contribution < 1.29 is 18.4 Å². The van der Waals surface area contributed by atoms with Gasteiger partial charge in [0.05, 0.1) is 17.5 Å². The van der Waals surface area contributed by atoms with E-state index in [1.165, 1.54) is 21.5 Å². The summed E-state index contributed by atoms with van der Waals surface area (Å²) in [7, 11) is 1.61. The van der Waals surface area contributed by atoms with Crippen molar-refractivity contribution in [2.75, 3.05) is 11.9 Å². The van der Waals surface area contributed by atoms with Crippen LogP contribution in [0.25, 0.3) is 16.9 Å². The lowest BCUT2D eigenvalue weighted by Crippen LogP contribution is -2.47. The van der Waals surface area contributed by atoms with Crippen molar-refractivity contribution in [3.05, 3.63) is 66.1 Å². The third-order valence-corrected chi connectivity index (χ3v) is 5.38. The third kappa shape index (κ3) is 3.18. The molecule has 3 aromatic heterocycles. The number of aromatic nitrogens is 5. The van der Waals surface area contributed by atoms with Crippen molar-refractivity contribution in [2.24, 2.45) is 0 Å². The molecule has 9 nitrogen and oxygen atoms in total. The molecule has 0 unspecified atom stereocenters. The number of anilines is 1. The summed E-state index contributed by atoms with van der Waals surface area (Å²) in [6.45, 7) is 0.443. The van der Waals surface area contributed by atoms with Crippen LogP contribution in [-0.4, -0.2) is 49.3 Å². The highest BCUT2D eigenvalue weighted by Crippen LogP contribution is 2.26. The van der Waals surface area contributed by atoms with Gasteiger partial charge in [0.2, 0.25) is 5.82 Å². The predicted octanol–water partition coefficient (Wildman–Crippen LogP) is 2.04. The Morgan fingerprint density at radius 3 is 2.66 bits per heavy atom. The fraction of sp³-hybridized carbons (Fsp3) is 0.190. The molecule has 0 bridgehead atoms. The van der Waals surface area contributed by atoms with E-state index < -0.39 is 23.6 Å². The predicted molar refractivity (Wildman–Crippen MR) is 110 cm³/mol. The largest absolute Gasteiger partial charge is 0.337 e. The number of nitrogens with zero attached hydrogens (tertiary/aromatic N) is 6. The van der Waals surface area contributed by atoms with Crippen LogP contribution in [0.2, 0.25) is 0 Å². The quantitative estimate of drug-likeness (QED) is 0.529.